The summed E-state index contributed by atoms with van der Waals surface area (Å²) in [5.41, 5.74) is 0.753. The summed E-state index contributed by atoms with van der Waals surface area (Å²) in [6.45, 7) is 2.66. The zero-order valence-electron chi connectivity index (χ0n) is 12.1. The number of aromatic nitrogens is 3. The highest BCUT2D eigenvalue weighted by Crippen LogP contribution is 2.24. The lowest BCUT2D eigenvalue weighted by atomic mass is 10.2. The number of hydrogen-bond acceptors (Lipinski definition) is 5. The van der Waals surface area contributed by atoms with Crippen LogP contribution in [0, 0.1) is 0 Å². The van der Waals surface area contributed by atoms with Crippen molar-refractivity contribution in [3.05, 3.63) is 48.2 Å². The Labute approximate surface area is 131 Å². The van der Waals surface area contributed by atoms with Crippen molar-refractivity contribution in [2.45, 2.75) is 25.9 Å². The molecule has 6 nitrogen and oxygen atoms in total. The van der Waals surface area contributed by atoms with Gasteiger partial charge in [0.15, 0.2) is 10.8 Å². The van der Waals surface area contributed by atoms with Crippen molar-refractivity contribution in [3.63, 3.8) is 0 Å². The van der Waals surface area contributed by atoms with Gasteiger partial charge in [0.25, 0.3) is 0 Å². The van der Waals surface area contributed by atoms with E-state index in [4.69, 9.17) is 4.42 Å². The van der Waals surface area contributed by atoms with Gasteiger partial charge in [-0.2, -0.15) is 0 Å². The van der Waals surface area contributed by atoms with E-state index in [0.29, 0.717) is 6.54 Å². The molecule has 3 heterocycles. The summed E-state index contributed by atoms with van der Waals surface area (Å²) < 4.78 is 7.23. The van der Waals surface area contributed by atoms with Crippen LogP contribution in [0.1, 0.15) is 12.6 Å². The summed E-state index contributed by atoms with van der Waals surface area (Å²) >= 11 is 1.47. The Balaban J connectivity index is 1.53. The van der Waals surface area contributed by atoms with Gasteiger partial charge in [-0.3, -0.25) is 4.79 Å². The van der Waals surface area contributed by atoms with Crippen LogP contribution in [0.5, 0.6) is 0 Å². The lowest BCUT2D eigenvalue weighted by Gasteiger charge is -2.13. The lowest BCUT2D eigenvalue weighted by molar-refractivity contribution is -0.121. The highest BCUT2D eigenvalue weighted by atomic mass is 32.1. The maximum atomic E-state index is 12.1. The maximum absolute atomic E-state index is 12.1. The van der Waals surface area contributed by atoms with Crippen LogP contribution in [0.2, 0.25) is 0 Å². The summed E-state index contributed by atoms with van der Waals surface area (Å²) in [4.78, 5) is 20.5. The third-order valence-electron chi connectivity index (χ3n) is 3.08. The number of carbonyl (C=O) groups is 1. The molecule has 1 N–H and O–H groups in total. The Morgan fingerprint density at radius 2 is 2.45 bits per heavy atom. The standard InChI is InChI=1S/C15H16N4O2S/c1-11(8-19-5-4-16-10-19)17-14(20)7-12-9-22-15(18-12)13-3-2-6-21-13/h2-6,9-11H,7-8H2,1H3,(H,17,20). The van der Waals surface area contributed by atoms with Crippen LogP contribution in [0.4, 0.5) is 0 Å². The molecule has 3 rings (SSSR count). The Morgan fingerprint density at radius 3 is 3.18 bits per heavy atom. The summed E-state index contributed by atoms with van der Waals surface area (Å²) in [5.74, 6) is 0.689. The first-order valence-corrected chi connectivity index (χ1v) is 7.82. The normalized spacial score (nSPS) is 12.2. The molecule has 0 spiro atoms. The number of rotatable bonds is 6. The van der Waals surface area contributed by atoms with Gasteiger partial charge in [-0.25, -0.2) is 9.97 Å². The maximum Gasteiger partial charge on any atom is 0.226 e. The topological polar surface area (TPSA) is 73.0 Å². The first-order valence-electron chi connectivity index (χ1n) is 6.94. The molecule has 0 bridgehead atoms. The minimum Gasteiger partial charge on any atom is -0.462 e. The molecule has 0 radical (unpaired) electrons. The van der Waals surface area contributed by atoms with E-state index in [2.05, 4.69) is 15.3 Å². The molecule has 0 saturated carbocycles. The first kappa shape index (κ1) is 14.5. The molecule has 0 aliphatic heterocycles. The van der Waals surface area contributed by atoms with E-state index in [1.165, 1.54) is 11.3 Å². The summed E-state index contributed by atoms with van der Waals surface area (Å²) in [7, 11) is 0. The van der Waals surface area contributed by atoms with Crippen molar-refractivity contribution in [1.29, 1.82) is 0 Å². The Morgan fingerprint density at radius 1 is 1.55 bits per heavy atom. The zero-order valence-corrected chi connectivity index (χ0v) is 12.9. The molecule has 0 aromatic carbocycles. The molecule has 1 unspecified atom stereocenters. The molecule has 3 aromatic rings. The fourth-order valence-corrected chi connectivity index (χ4v) is 2.93. The van der Waals surface area contributed by atoms with Crippen LogP contribution in [0.15, 0.2) is 46.9 Å². The van der Waals surface area contributed by atoms with Crippen molar-refractivity contribution in [2.24, 2.45) is 0 Å². The molecule has 1 amide bonds. The number of furan rings is 1. The highest BCUT2D eigenvalue weighted by Gasteiger charge is 2.12. The second-order valence-corrected chi connectivity index (χ2v) is 5.88. The van der Waals surface area contributed by atoms with Gasteiger partial charge in [-0.05, 0) is 19.1 Å². The van der Waals surface area contributed by atoms with E-state index in [0.717, 1.165) is 16.5 Å². The van der Waals surface area contributed by atoms with Gasteiger partial charge in [0.1, 0.15) is 0 Å². The molecule has 3 aromatic heterocycles. The number of thiazole rings is 1. The molecule has 0 aliphatic carbocycles. The van der Waals surface area contributed by atoms with Gasteiger partial charge in [0.05, 0.1) is 24.7 Å². The number of imidazole rings is 1. The summed E-state index contributed by atoms with van der Waals surface area (Å²) in [5, 5.41) is 5.64. The fourth-order valence-electron chi connectivity index (χ4n) is 2.15. The van der Waals surface area contributed by atoms with Crippen LogP contribution in [0.25, 0.3) is 10.8 Å². The average Bonchev–Trinajstić information content (AvgIpc) is 3.19. The van der Waals surface area contributed by atoms with Crippen LogP contribution in [-0.2, 0) is 17.8 Å². The second-order valence-electron chi connectivity index (χ2n) is 5.03. The number of nitrogens with zero attached hydrogens (tertiary/aromatic N) is 3. The van der Waals surface area contributed by atoms with E-state index in [-0.39, 0.29) is 18.4 Å². The van der Waals surface area contributed by atoms with Crippen LogP contribution < -0.4 is 5.32 Å². The average molecular weight is 316 g/mol. The summed E-state index contributed by atoms with van der Waals surface area (Å²) in [6, 6.07) is 3.71. The van der Waals surface area contributed by atoms with Crippen molar-refractivity contribution >= 4 is 17.2 Å². The third kappa shape index (κ3) is 3.62. The predicted molar refractivity (Wildman–Crippen MR) is 83.4 cm³/mol. The monoisotopic (exact) mass is 316 g/mol. The smallest absolute Gasteiger partial charge is 0.226 e. The van der Waals surface area contributed by atoms with Gasteiger partial charge in [-0.15, -0.1) is 11.3 Å². The van der Waals surface area contributed by atoms with Crippen LogP contribution >= 0.6 is 11.3 Å². The van der Waals surface area contributed by atoms with Gasteiger partial charge in [-0.1, -0.05) is 0 Å². The Bertz CT molecular complexity index is 719. The van der Waals surface area contributed by atoms with E-state index in [9.17, 15) is 4.79 Å². The quantitative estimate of drug-likeness (QED) is 0.757. The largest absolute Gasteiger partial charge is 0.462 e. The number of nitrogens with one attached hydrogen (secondary N) is 1. The summed E-state index contributed by atoms with van der Waals surface area (Å²) in [6.07, 6.45) is 7.21. The van der Waals surface area contributed by atoms with E-state index in [1.54, 1.807) is 18.8 Å². The van der Waals surface area contributed by atoms with Crippen molar-refractivity contribution in [2.75, 3.05) is 0 Å². The molecule has 22 heavy (non-hydrogen) atoms. The second kappa shape index (κ2) is 6.57. The molecule has 0 aliphatic rings. The van der Waals surface area contributed by atoms with Gasteiger partial charge < -0.3 is 14.3 Å². The minimum absolute atomic E-state index is 0.0323. The van der Waals surface area contributed by atoms with Gasteiger partial charge in [0.2, 0.25) is 5.91 Å². The Hall–Kier alpha value is -2.41. The van der Waals surface area contributed by atoms with Crippen molar-refractivity contribution < 1.29 is 9.21 Å². The molecule has 0 saturated heterocycles. The van der Waals surface area contributed by atoms with Crippen molar-refractivity contribution in [1.82, 2.24) is 19.9 Å². The third-order valence-corrected chi connectivity index (χ3v) is 3.98. The lowest BCUT2D eigenvalue weighted by Crippen LogP contribution is -2.36. The zero-order chi connectivity index (χ0) is 15.4. The highest BCUT2D eigenvalue weighted by molar-refractivity contribution is 7.13. The van der Waals surface area contributed by atoms with Gasteiger partial charge >= 0.3 is 0 Å². The van der Waals surface area contributed by atoms with Gasteiger partial charge in [0, 0.05) is 30.4 Å². The Kier molecular flexibility index (Phi) is 4.34. The van der Waals surface area contributed by atoms with Crippen LogP contribution in [0.3, 0.4) is 0 Å². The molecule has 0 fully saturated rings. The molecule has 7 heteroatoms. The number of amides is 1. The molecule has 114 valence electrons. The number of carbonyl (C=O) groups excluding carboxylic acids is 1. The number of hydrogen-bond donors (Lipinski definition) is 1. The van der Waals surface area contributed by atoms with E-state index < -0.39 is 0 Å². The molecular formula is C15H16N4O2S. The fraction of sp³-hybridized carbons (Fsp3) is 0.267. The predicted octanol–water partition coefficient (Wildman–Crippen LogP) is 2.35. The van der Waals surface area contributed by atoms with E-state index in [1.807, 2.05) is 35.2 Å². The van der Waals surface area contributed by atoms with Crippen LogP contribution in [-0.4, -0.2) is 26.5 Å². The van der Waals surface area contributed by atoms with Crippen molar-refractivity contribution in [3.8, 4) is 10.8 Å². The molecule has 1 atom stereocenters. The SMILES string of the molecule is CC(Cn1ccnc1)NC(=O)Cc1csc(-c2ccco2)n1. The molecular weight excluding hydrogens is 300 g/mol. The minimum atomic E-state index is -0.0380. The van der Waals surface area contributed by atoms with E-state index >= 15 is 0 Å². The first-order chi connectivity index (χ1) is 10.7.